The highest BCUT2D eigenvalue weighted by Gasteiger charge is 2.20. The van der Waals surface area contributed by atoms with Gasteiger partial charge in [0, 0.05) is 26.2 Å². The van der Waals surface area contributed by atoms with Crippen LogP contribution in [0.1, 0.15) is 5.56 Å². The SMILES string of the molecule is CNCCS(=O)(=O)N(CCN)Cc1ccccc1. The van der Waals surface area contributed by atoms with Gasteiger partial charge in [-0.1, -0.05) is 30.3 Å². The van der Waals surface area contributed by atoms with E-state index >= 15 is 0 Å². The summed E-state index contributed by atoms with van der Waals surface area (Å²) in [6.45, 7) is 1.49. The summed E-state index contributed by atoms with van der Waals surface area (Å²) in [6, 6.07) is 9.53. The molecule has 0 radical (unpaired) electrons. The zero-order valence-corrected chi connectivity index (χ0v) is 11.5. The lowest BCUT2D eigenvalue weighted by Crippen LogP contribution is -2.38. The molecule has 0 unspecified atom stereocenters. The van der Waals surface area contributed by atoms with Crippen molar-refractivity contribution < 1.29 is 8.42 Å². The summed E-state index contributed by atoms with van der Waals surface area (Å²) in [4.78, 5) is 0. The van der Waals surface area contributed by atoms with Crippen molar-refractivity contribution in [1.29, 1.82) is 0 Å². The van der Waals surface area contributed by atoms with Gasteiger partial charge in [0.1, 0.15) is 0 Å². The third-order valence-electron chi connectivity index (χ3n) is 2.58. The van der Waals surface area contributed by atoms with Gasteiger partial charge in [0.25, 0.3) is 0 Å². The summed E-state index contributed by atoms with van der Waals surface area (Å²) >= 11 is 0. The predicted octanol–water partition coefficient (Wildman–Crippen LogP) is -0.00350. The zero-order chi connectivity index (χ0) is 13.4. The standard InChI is InChI=1S/C12H21N3O2S/c1-14-8-10-18(16,17)15(9-7-13)11-12-5-3-2-4-6-12/h2-6,14H,7-11,13H2,1H3. The lowest BCUT2D eigenvalue weighted by atomic mass is 10.2. The molecule has 0 aromatic heterocycles. The van der Waals surface area contributed by atoms with Crippen LogP contribution in [0.15, 0.2) is 30.3 Å². The molecular weight excluding hydrogens is 250 g/mol. The van der Waals surface area contributed by atoms with Gasteiger partial charge in [0.15, 0.2) is 0 Å². The van der Waals surface area contributed by atoms with Crippen LogP contribution >= 0.6 is 0 Å². The van der Waals surface area contributed by atoms with Crippen LogP contribution in [-0.4, -0.2) is 45.2 Å². The number of hydrogen-bond donors (Lipinski definition) is 2. The molecule has 1 aromatic rings. The van der Waals surface area contributed by atoms with E-state index in [1.807, 2.05) is 30.3 Å². The topological polar surface area (TPSA) is 75.4 Å². The first-order valence-electron chi connectivity index (χ1n) is 5.96. The Kier molecular flexibility index (Phi) is 6.28. The largest absolute Gasteiger partial charge is 0.329 e. The van der Waals surface area contributed by atoms with Crippen LogP contribution in [0.5, 0.6) is 0 Å². The average molecular weight is 271 g/mol. The Labute approximate surface area is 109 Å². The van der Waals surface area contributed by atoms with Gasteiger partial charge in [-0.15, -0.1) is 0 Å². The molecular formula is C12H21N3O2S. The molecule has 3 N–H and O–H groups in total. The van der Waals surface area contributed by atoms with E-state index in [0.29, 0.717) is 26.2 Å². The highest BCUT2D eigenvalue weighted by molar-refractivity contribution is 7.89. The normalized spacial score (nSPS) is 11.9. The smallest absolute Gasteiger partial charge is 0.215 e. The third kappa shape index (κ3) is 4.73. The summed E-state index contributed by atoms with van der Waals surface area (Å²) in [5.41, 5.74) is 6.46. The van der Waals surface area contributed by atoms with Gasteiger partial charge in [0.05, 0.1) is 5.75 Å². The zero-order valence-electron chi connectivity index (χ0n) is 10.7. The van der Waals surface area contributed by atoms with E-state index < -0.39 is 10.0 Å². The van der Waals surface area contributed by atoms with Gasteiger partial charge >= 0.3 is 0 Å². The molecule has 0 bridgehead atoms. The van der Waals surface area contributed by atoms with Crippen LogP contribution in [0.3, 0.4) is 0 Å². The third-order valence-corrected chi connectivity index (χ3v) is 4.40. The Morgan fingerprint density at radius 2 is 1.94 bits per heavy atom. The fourth-order valence-electron chi connectivity index (χ4n) is 1.61. The Bertz CT molecular complexity index is 434. The summed E-state index contributed by atoms with van der Waals surface area (Å²) in [6.07, 6.45) is 0. The minimum atomic E-state index is -3.25. The maximum Gasteiger partial charge on any atom is 0.215 e. The van der Waals surface area contributed by atoms with Gasteiger partial charge in [0.2, 0.25) is 10.0 Å². The minimum Gasteiger partial charge on any atom is -0.329 e. The molecule has 0 saturated heterocycles. The van der Waals surface area contributed by atoms with E-state index in [1.54, 1.807) is 7.05 Å². The molecule has 0 saturated carbocycles. The number of hydrogen-bond acceptors (Lipinski definition) is 4. The fraction of sp³-hybridized carbons (Fsp3) is 0.500. The summed E-state index contributed by atoms with van der Waals surface area (Å²) < 4.78 is 25.7. The van der Waals surface area contributed by atoms with Crippen molar-refractivity contribution in [2.75, 3.05) is 32.4 Å². The van der Waals surface area contributed by atoms with Crippen molar-refractivity contribution in [3.05, 3.63) is 35.9 Å². The number of benzene rings is 1. The first-order chi connectivity index (χ1) is 8.60. The average Bonchev–Trinajstić information content (AvgIpc) is 2.37. The molecule has 102 valence electrons. The summed E-state index contributed by atoms with van der Waals surface area (Å²) in [5.74, 6) is 0.0936. The van der Waals surface area contributed by atoms with Crippen molar-refractivity contribution in [2.45, 2.75) is 6.54 Å². The van der Waals surface area contributed by atoms with E-state index in [-0.39, 0.29) is 5.75 Å². The van der Waals surface area contributed by atoms with Crippen LogP contribution in [0.4, 0.5) is 0 Å². The van der Waals surface area contributed by atoms with Gasteiger partial charge < -0.3 is 11.1 Å². The van der Waals surface area contributed by atoms with E-state index in [0.717, 1.165) is 5.56 Å². The summed E-state index contributed by atoms with van der Waals surface area (Å²) in [7, 11) is -1.52. The van der Waals surface area contributed by atoms with Crippen LogP contribution in [0.2, 0.25) is 0 Å². The molecule has 0 amide bonds. The summed E-state index contributed by atoms with van der Waals surface area (Å²) in [5, 5.41) is 2.85. The number of nitrogens with two attached hydrogens (primary N) is 1. The highest BCUT2D eigenvalue weighted by Crippen LogP contribution is 2.09. The van der Waals surface area contributed by atoms with Gasteiger partial charge in [-0.05, 0) is 12.6 Å². The molecule has 6 heteroatoms. The molecule has 0 aliphatic heterocycles. The van der Waals surface area contributed by atoms with E-state index in [2.05, 4.69) is 5.32 Å². The number of rotatable bonds is 8. The van der Waals surface area contributed by atoms with Crippen LogP contribution in [0, 0.1) is 0 Å². The Balaban J connectivity index is 2.76. The van der Waals surface area contributed by atoms with Gasteiger partial charge in [-0.3, -0.25) is 0 Å². The van der Waals surface area contributed by atoms with E-state index in [1.165, 1.54) is 4.31 Å². The van der Waals surface area contributed by atoms with Crippen LogP contribution in [-0.2, 0) is 16.6 Å². The molecule has 0 fully saturated rings. The maximum absolute atomic E-state index is 12.1. The quantitative estimate of drug-likeness (QED) is 0.698. The molecule has 0 aliphatic carbocycles. The van der Waals surface area contributed by atoms with Crippen LogP contribution in [0.25, 0.3) is 0 Å². The number of nitrogens with zero attached hydrogens (tertiary/aromatic N) is 1. The Hall–Kier alpha value is -0.950. The highest BCUT2D eigenvalue weighted by atomic mass is 32.2. The first-order valence-corrected chi connectivity index (χ1v) is 7.57. The molecule has 18 heavy (non-hydrogen) atoms. The maximum atomic E-state index is 12.1. The molecule has 0 atom stereocenters. The second-order valence-electron chi connectivity index (χ2n) is 4.03. The lowest BCUT2D eigenvalue weighted by Gasteiger charge is -2.21. The van der Waals surface area contributed by atoms with Crippen molar-refractivity contribution in [1.82, 2.24) is 9.62 Å². The molecule has 0 heterocycles. The molecule has 1 aromatic carbocycles. The predicted molar refractivity (Wildman–Crippen MR) is 73.6 cm³/mol. The first kappa shape index (κ1) is 15.1. The Morgan fingerprint density at radius 1 is 1.28 bits per heavy atom. The van der Waals surface area contributed by atoms with Crippen molar-refractivity contribution in [2.24, 2.45) is 5.73 Å². The van der Waals surface area contributed by atoms with Crippen molar-refractivity contribution in [3.63, 3.8) is 0 Å². The lowest BCUT2D eigenvalue weighted by molar-refractivity contribution is 0.413. The monoisotopic (exact) mass is 271 g/mol. The minimum absolute atomic E-state index is 0.0936. The van der Waals surface area contributed by atoms with Crippen molar-refractivity contribution >= 4 is 10.0 Å². The molecule has 5 nitrogen and oxygen atoms in total. The molecule has 1 rings (SSSR count). The number of nitrogens with one attached hydrogen (secondary N) is 1. The Morgan fingerprint density at radius 3 is 2.50 bits per heavy atom. The van der Waals surface area contributed by atoms with Crippen LogP contribution < -0.4 is 11.1 Å². The van der Waals surface area contributed by atoms with E-state index in [9.17, 15) is 8.42 Å². The molecule has 0 aliphatic rings. The number of sulfonamides is 1. The second kappa shape index (κ2) is 7.48. The fourth-order valence-corrected chi connectivity index (χ4v) is 3.06. The van der Waals surface area contributed by atoms with E-state index in [4.69, 9.17) is 5.73 Å². The van der Waals surface area contributed by atoms with Crippen molar-refractivity contribution in [3.8, 4) is 0 Å². The molecule has 0 spiro atoms. The van der Waals surface area contributed by atoms with Gasteiger partial charge in [-0.2, -0.15) is 4.31 Å². The van der Waals surface area contributed by atoms with Gasteiger partial charge in [-0.25, -0.2) is 8.42 Å². The second-order valence-corrected chi connectivity index (χ2v) is 6.12.